The lowest BCUT2D eigenvalue weighted by atomic mass is 10.2. The average molecular weight is 372 g/mol. The second-order valence-corrected chi connectivity index (χ2v) is 5.45. The molecule has 0 radical (unpaired) electrons. The van der Waals surface area contributed by atoms with E-state index >= 15 is 0 Å². The third-order valence-electron chi connectivity index (χ3n) is 2.84. The number of benzene rings is 1. The maximum absolute atomic E-state index is 11.7. The number of nitrogens with one attached hydrogen (secondary N) is 1. The van der Waals surface area contributed by atoms with Gasteiger partial charge >= 0.3 is 5.97 Å². The van der Waals surface area contributed by atoms with Gasteiger partial charge in [-0.1, -0.05) is 11.3 Å². The van der Waals surface area contributed by atoms with Gasteiger partial charge < -0.3 is 14.6 Å². The van der Waals surface area contributed by atoms with Crippen molar-refractivity contribution in [2.45, 2.75) is 13.8 Å². The van der Waals surface area contributed by atoms with Gasteiger partial charge in [-0.2, -0.15) is 5.10 Å². The van der Waals surface area contributed by atoms with Gasteiger partial charge in [-0.3, -0.25) is 5.43 Å². The highest BCUT2D eigenvalue weighted by Crippen LogP contribution is 2.26. The molecule has 2 aromatic rings. The number of thiazole rings is 1. The van der Waals surface area contributed by atoms with Crippen LogP contribution < -0.4 is 10.2 Å². The molecule has 24 heavy (non-hydrogen) atoms. The van der Waals surface area contributed by atoms with Crippen molar-refractivity contribution >= 4 is 41.1 Å². The number of phenolic OH excluding ortho intramolecular Hbond substituents is 1. The zero-order chi connectivity index (χ0) is 16.8. The molecular formula is C15H18ClN3O4S. The lowest BCUT2D eigenvalue weighted by Gasteiger charge is -2.03. The van der Waals surface area contributed by atoms with E-state index in [1.165, 1.54) is 24.5 Å². The summed E-state index contributed by atoms with van der Waals surface area (Å²) >= 11 is 1.18. The monoisotopic (exact) mass is 371 g/mol. The number of anilines is 1. The predicted octanol–water partition coefficient (Wildman–Crippen LogP) is 3.21. The van der Waals surface area contributed by atoms with E-state index in [0.29, 0.717) is 28.1 Å². The fraction of sp³-hybridized carbons (Fsp3) is 0.267. The molecule has 1 heterocycles. The van der Waals surface area contributed by atoms with Crippen LogP contribution in [0, 0.1) is 6.92 Å². The van der Waals surface area contributed by atoms with Crippen LogP contribution in [-0.4, -0.2) is 36.0 Å². The van der Waals surface area contributed by atoms with Gasteiger partial charge in [-0.05, 0) is 37.6 Å². The first-order chi connectivity index (χ1) is 11.0. The molecule has 0 aliphatic rings. The minimum absolute atomic E-state index is 0. The maximum atomic E-state index is 11.7. The van der Waals surface area contributed by atoms with Gasteiger partial charge in [0.15, 0.2) is 11.5 Å². The minimum atomic E-state index is -0.386. The summed E-state index contributed by atoms with van der Waals surface area (Å²) in [4.78, 5) is 16.4. The summed E-state index contributed by atoms with van der Waals surface area (Å²) in [7, 11) is 1.48. The highest BCUT2D eigenvalue weighted by Gasteiger charge is 2.15. The van der Waals surface area contributed by atoms with E-state index in [1.807, 2.05) is 0 Å². The lowest BCUT2D eigenvalue weighted by Crippen LogP contribution is -2.03. The Hall–Kier alpha value is -2.32. The first-order valence-electron chi connectivity index (χ1n) is 6.85. The van der Waals surface area contributed by atoms with Gasteiger partial charge in [0.2, 0.25) is 5.13 Å². The molecule has 0 amide bonds. The Morgan fingerprint density at radius 2 is 2.25 bits per heavy atom. The summed E-state index contributed by atoms with van der Waals surface area (Å²) in [5.74, 6) is 0.0404. The third kappa shape index (κ3) is 4.84. The molecule has 7 nitrogen and oxygen atoms in total. The van der Waals surface area contributed by atoms with Crippen molar-refractivity contribution in [3.8, 4) is 11.5 Å². The topological polar surface area (TPSA) is 93.0 Å². The molecule has 0 fully saturated rings. The summed E-state index contributed by atoms with van der Waals surface area (Å²) < 4.78 is 9.99. The number of halogens is 1. The molecule has 0 saturated heterocycles. The second-order valence-electron chi connectivity index (χ2n) is 4.46. The molecular weight excluding hydrogens is 354 g/mol. The fourth-order valence-corrected chi connectivity index (χ4v) is 2.58. The highest BCUT2D eigenvalue weighted by molar-refractivity contribution is 7.17. The SMILES string of the molecule is CCOC(=O)c1sc(N/N=C/c2ccc(O)c(OC)c2)nc1C.Cl. The number of ether oxygens (including phenoxy) is 2. The van der Waals surface area contributed by atoms with Crippen molar-refractivity contribution < 1.29 is 19.4 Å². The van der Waals surface area contributed by atoms with E-state index in [1.54, 1.807) is 32.2 Å². The van der Waals surface area contributed by atoms with Gasteiger partial charge in [0.25, 0.3) is 0 Å². The number of esters is 1. The number of aromatic nitrogens is 1. The third-order valence-corrected chi connectivity index (χ3v) is 3.88. The Balaban J connectivity index is 0.00000288. The van der Waals surface area contributed by atoms with E-state index in [4.69, 9.17) is 9.47 Å². The van der Waals surface area contributed by atoms with Gasteiger partial charge in [0.1, 0.15) is 4.88 Å². The number of nitrogens with zero attached hydrogens (tertiary/aromatic N) is 2. The molecule has 0 aliphatic carbocycles. The fourth-order valence-electron chi connectivity index (χ4n) is 1.77. The normalized spacial score (nSPS) is 10.3. The van der Waals surface area contributed by atoms with E-state index in [9.17, 15) is 9.90 Å². The van der Waals surface area contributed by atoms with Gasteiger partial charge in [0, 0.05) is 0 Å². The number of carbonyl (C=O) groups excluding carboxylic acids is 1. The van der Waals surface area contributed by atoms with Crippen molar-refractivity contribution in [1.82, 2.24) is 4.98 Å². The lowest BCUT2D eigenvalue weighted by molar-refractivity contribution is 0.0531. The molecule has 1 aromatic heterocycles. The molecule has 0 spiro atoms. The van der Waals surface area contributed by atoms with Crippen LogP contribution in [-0.2, 0) is 4.74 Å². The van der Waals surface area contributed by atoms with Crippen LogP contribution in [0.4, 0.5) is 5.13 Å². The number of hydrogen-bond acceptors (Lipinski definition) is 8. The number of phenols is 1. The van der Waals surface area contributed by atoms with E-state index in [2.05, 4.69) is 15.5 Å². The Labute approximate surface area is 149 Å². The first-order valence-corrected chi connectivity index (χ1v) is 7.67. The Bertz CT molecular complexity index is 734. The van der Waals surface area contributed by atoms with Crippen molar-refractivity contribution in [2.75, 3.05) is 19.1 Å². The number of hydrogen-bond donors (Lipinski definition) is 2. The molecule has 1 aromatic carbocycles. The Morgan fingerprint density at radius 3 is 2.92 bits per heavy atom. The summed E-state index contributed by atoms with van der Waals surface area (Å²) in [6.45, 7) is 3.81. The van der Waals surface area contributed by atoms with Gasteiger partial charge in [0.05, 0.1) is 25.6 Å². The van der Waals surface area contributed by atoms with Crippen LogP contribution >= 0.6 is 23.7 Å². The molecule has 0 bridgehead atoms. The Kier molecular flexibility index (Phi) is 7.47. The molecule has 130 valence electrons. The van der Waals surface area contributed by atoms with Crippen LogP contribution in [0.2, 0.25) is 0 Å². The van der Waals surface area contributed by atoms with Crippen LogP contribution in [0.15, 0.2) is 23.3 Å². The standard InChI is InChI=1S/C15H17N3O4S.ClH/c1-4-22-14(20)13-9(2)17-15(23-13)18-16-8-10-5-6-11(19)12(7-10)21-3;/h5-8,19H,4H2,1-3H3,(H,17,18);1H/b16-8+;. The molecule has 2 rings (SSSR count). The summed E-state index contributed by atoms with van der Waals surface area (Å²) in [5.41, 5.74) is 4.11. The van der Waals surface area contributed by atoms with Crippen LogP contribution in [0.25, 0.3) is 0 Å². The smallest absolute Gasteiger partial charge is 0.350 e. The molecule has 0 unspecified atom stereocenters. The maximum Gasteiger partial charge on any atom is 0.350 e. The van der Waals surface area contributed by atoms with Crippen molar-refractivity contribution in [3.63, 3.8) is 0 Å². The van der Waals surface area contributed by atoms with Crippen LogP contribution in [0.3, 0.4) is 0 Å². The molecule has 0 saturated carbocycles. The van der Waals surface area contributed by atoms with Crippen molar-refractivity contribution in [2.24, 2.45) is 5.10 Å². The number of carbonyl (C=O) groups is 1. The van der Waals surface area contributed by atoms with Crippen molar-refractivity contribution in [1.29, 1.82) is 0 Å². The molecule has 9 heteroatoms. The second kappa shape index (κ2) is 9.09. The number of aryl methyl sites for hydroxylation is 1. The summed E-state index contributed by atoms with van der Waals surface area (Å²) in [6, 6.07) is 4.87. The quantitative estimate of drug-likeness (QED) is 0.460. The predicted molar refractivity (Wildman–Crippen MR) is 95.9 cm³/mol. The van der Waals surface area contributed by atoms with E-state index < -0.39 is 0 Å². The molecule has 0 aliphatic heterocycles. The zero-order valence-electron chi connectivity index (χ0n) is 13.4. The van der Waals surface area contributed by atoms with Crippen LogP contribution in [0.1, 0.15) is 27.9 Å². The number of methoxy groups -OCH3 is 1. The van der Waals surface area contributed by atoms with Gasteiger partial charge in [-0.15, -0.1) is 12.4 Å². The number of aromatic hydroxyl groups is 1. The summed E-state index contributed by atoms with van der Waals surface area (Å²) in [6.07, 6.45) is 1.56. The molecule has 2 N–H and O–H groups in total. The molecule has 0 atom stereocenters. The van der Waals surface area contributed by atoms with E-state index in [-0.39, 0.29) is 24.1 Å². The minimum Gasteiger partial charge on any atom is -0.504 e. The zero-order valence-corrected chi connectivity index (χ0v) is 15.0. The first kappa shape index (κ1) is 19.7. The largest absolute Gasteiger partial charge is 0.504 e. The van der Waals surface area contributed by atoms with Gasteiger partial charge in [-0.25, -0.2) is 9.78 Å². The number of rotatable bonds is 6. The Morgan fingerprint density at radius 1 is 1.50 bits per heavy atom. The van der Waals surface area contributed by atoms with E-state index in [0.717, 1.165) is 5.56 Å². The number of hydrazone groups is 1. The van der Waals surface area contributed by atoms with Crippen molar-refractivity contribution in [3.05, 3.63) is 34.3 Å². The summed E-state index contributed by atoms with van der Waals surface area (Å²) in [5, 5.41) is 14.1. The average Bonchev–Trinajstić information content (AvgIpc) is 2.90. The highest BCUT2D eigenvalue weighted by atomic mass is 35.5. The van der Waals surface area contributed by atoms with Crippen LogP contribution in [0.5, 0.6) is 11.5 Å².